The second-order valence-electron chi connectivity index (χ2n) is 6.93. The maximum Gasteiger partial charge on any atom is 0.144 e. The molecule has 1 fully saturated rings. The molecule has 142 valence electrons. The fraction of sp³-hybridized carbons (Fsp3) is 0.273. The Morgan fingerprint density at radius 3 is 2.18 bits per heavy atom. The number of hydrogen-bond donors (Lipinski definition) is 0. The summed E-state index contributed by atoms with van der Waals surface area (Å²) in [6.07, 6.45) is 0. The molecule has 4 rings (SSSR count). The summed E-state index contributed by atoms with van der Waals surface area (Å²) in [6.45, 7) is 3.33. The molecule has 3 aromatic rings. The Hall–Kier alpha value is -2.81. The number of anilines is 1. The highest BCUT2D eigenvalue weighted by atomic mass is 35.5. The summed E-state index contributed by atoms with van der Waals surface area (Å²) in [4.78, 5) is 9.27. The van der Waals surface area contributed by atoms with E-state index in [1.807, 2.05) is 48.0 Å². The van der Waals surface area contributed by atoms with Gasteiger partial charge in [0.1, 0.15) is 22.7 Å². The van der Waals surface area contributed by atoms with Gasteiger partial charge in [-0.2, -0.15) is 5.26 Å². The lowest BCUT2D eigenvalue weighted by atomic mass is 10.1. The van der Waals surface area contributed by atoms with Gasteiger partial charge < -0.3 is 9.47 Å². The third-order valence-electron chi connectivity index (χ3n) is 5.26. The number of hydrogen-bond acceptors (Lipinski definition) is 4. The zero-order chi connectivity index (χ0) is 19.5. The van der Waals surface area contributed by atoms with Crippen molar-refractivity contribution in [2.75, 3.05) is 31.1 Å². The van der Waals surface area contributed by atoms with E-state index in [2.05, 4.69) is 40.1 Å². The zero-order valence-electron chi connectivity index (χ0n) is 15.8. The van der Waals surface area contributed by atoms with Crippen LogP contribution in [0.4, 0.5) is 5.69 Å². The molecule has 28 heavy (non-hydrogen) atoms. The molecule has 6 heteroatoms. The fourth-order valence-corrected chi connectivity index (χ4v) is 3.94. The number of benzene rings is 2. The topological polar surface area (TPSA) is 48.1 Å². The Kier molecular flexibility index (Phi) is 5.34. The number of imidazole rings is 1. The highest BCUT2D eigenvalue weighted by Crippen LogP contribution is 2.32. The van der Waals surface area contributed by atoms with Crippen LogP contribution in [0.3, 0.4) is 0 Å². The summed E-state index contributed by atoms with van der Waals surface area (Å²) >= 11 is 6.59. The fourth-order valence-electron chi connectivity index (χ4n) is 3.71. The van der Waals surface area contributed by atoms with E-state index in [1.165, 1.54) is 5.69 Å². The van der Waals surface area contributed by atoms with Crippen molar-refractivity contribution in [2.45, 2.75) is 6.04 Å². The first-order chi connectivity index (χ1) is 13.7. The van der Waals surface area contributed by atoms with Crippen molar-refractivity contribution in [3.05, 3.63) is 71.5 Å². The average molecular weight is 392 g/mol. The van der Waals surface area contributed by atoms with Crippen molar-refractivity contribution in [1.29, 1.82) is 5.26 Å². The van der Waals surface area contributed by atoms with Gasteiger partial charge in [0.2, 0.25) is 0 Å². The van der Waals surface area contributed by atoms with Gasteiger partial charge in [0.05, 0.1) is 6.07 Å². The lowest BCUT2D eigenvalue weighted by Gasteiger charge is -2.37. The molecule has 0 amide bonds. The first kappa shape index (κ1) is 18.5. The Morgan fingerprint density at radius 2 is 1.57 bits per heavy atom. The predicted molar refractivity (Wildman–Crippen MR) is 112 cm³/mol. The highest BCUT2D eigenvalue weighted by Gasteiger charge is 2.30. The van der Waals surface area contributed by atoms with E-state index in [0.717, 1.165) is 37.6 Å². The van der Waals surface area contributed by atoms with Crippen LogP contribution >= 0.6 is 11.6 Å². The molecule has 0 bridgehead atoms. The molecule has 1 aliphatic rings. The van der Waals surface area contributed by atoms with Crippen LogP contribution < -0.4 is 4.90 Å². The van der Waals surface area contributed by atoms with Gasteiger partial charge in [-0.25, -0.2) is 4.98 Å². The van der Waals surface area contributed by atoms with Gasteiger partial charge in [-0.1, -0.05) is 60.1 Å². The number of aromatic nitrogens is 2. The van der Waals surface area contributed by atoms with Crippen LogP contribution in [0.2, 0.25) is 5.15 Å². The van der Waals surface area contributed by atoms with Crippen molar-refractivity contribution in [2.24, 2.45) is 7.05 Å². The van der Waals surface area contributed by atoms with E-state index in [9.17, 15) is 5.26 Å². The van der Waals surface area contributed by atoms with Crippen LogP contribution in [0.1, 0.15) is 11.7 Å². The molecule has 1 aliphatic heterocycles. The van der Waals surface area contributed by atoms with Crippen molar-refractivity contribution in [1.82, 2.24) is 14.5 Å². The largest absolute Gasteiger partial charge is 0.369 e. The van der Waals surface area contributed by atoms with Gasteiger partial charge in [-0.05, 0) is 12.1 Å². The van der Waals surface area contributed by atoms with Crippen molar-refractivity contribution < 1.29 is 0 Å². The summed E-state index contributed by atoms with van der Waals surface area (Å²) in [5.74, 6) is 0.781. The third-order valence-corrected chi connectivity index (χ3v) is 5.71. The summed E-state index contributed by atoms with van der Waals surface area (Å²) in [5.41, 5.74) is 2.85. The van der Waals surface area contributed by atoms with Crippen molar-refractivity contribution >= 4 is 17.3 Å². The van der Waals surface area contributed by atoms with Crippen LogP contribution in [-0.2, 0) is 7.05 Å². The number of piperazine rings is 1. The van der Waals surface area contributed by atoms with E-state index in [4.69, 9.17) is 16.6 Å². The number of halogens is 1. The van der Waals surface area contributed by atoms with E-state index >= 15 is 0 Å². The summed E-state index contributed by atoms with van der Waals surface area (Å²) < 4.78 is 1.86. The van der Waals surface area contributed by atoms with Crippen LogP contribution in [0, 0.1) is 11.3 Å². The summed E-state index contributed by atoms with van der Waals surface area (Å²) in [6, 6.07) is 22.3. The molecule has 2 aromatic carbocycles. The van der Waals surface area contributed by atoms with Gasteiger partial charge in [0.25, 0.3) is 0 Å². The SMILES string of the molecule is Cn1c(-c2ccccc2)nc(C(C#N)N2CCN(c3ccccc3)CC2)c1Cl. The van der Waals surface area contributed by atoms with Crippen molar-refractivity contribution in [3.63, 3.8) is 0 Å². The lowest BCUT2D eigenvalue weighted by molar-refractivity contribution is 0.219. The van der Waals surface area contributed by atoms with Gasteiger partial charge in [-0.3, -0.25) is 4.90 Å². The molecule has 2 heterocycles. The molecule has 0 aliphatic carbocycles. The van der Waals surface area contributed by atoms with E-state index in [0.29, 0.717) is 10.8 Å². The molecule has 0 spiro atoms. The van der Waals surface area contributed by atoms with Crippen LogP contribution in [0.15, 0.2) is 60.7 Å². The summed E-state index contributed by atoms with van der Waals surface area (Å²) in [5, 5.41) is 10.4. The predicted octanol–water partition coefficient (Wildman–Crippen LogP) is 4.13. The minimum Gasteiger partial charge on any atom is -0.369 e. The monoisotopic (exact) mass is 391 g/mol. The summed E-state index contributed by atoms with van der Waals surface area (Å²) in [7, 11) is 1.89. The molecule has 5 nitrogen and oxygen atoms in total. The van der Waals surface area contributed by atoms with Crippen LogP contribution in [-0.4, -0.2) is 40.6 Å². The molecule has 1 aromatic heterocycles. The quantitative estimate of drug-likeness (QED) is 0.671. The van der Waals surface area contributed by atoms with Gasteiger partial charge in [0, 0.05) is 44.5 Å². The average Bonchev–Trinajstić information content (AvgIpc) is 3.05. The zero-order valence-corrected chi connectivity index (χ0v) is 16.5. The van der Waals surface area contributed by atoms with Gasteiger partial charge >= 0.3 is 0 Å². The third kappa shape index (κ3) is 3.49. The molecule has 0 radical (unpaired) electrons. The standard InChI is InChI=1S/C22H22ClN5/c1-26-21(23)20(25-22(26)17-8-4-2-5-9-17)19(16-24)28-14-12-27(13-15-28)18-10-6-3-7-11-18/h2-11,19H,12-15H2,1H3. The Bertz CT molecular complexity index is 969. The molecular weight excluding hydrogens is 370 g/mol. The first-order valence-electron chi connectivity index (χ1n) is 9.40. The normalized spacial score (nSPS) is 16.0. The molecular formula is C22H22ClN5. The van der Waals surface area contributed by atoms with Crippen molar-refractivity contribution in [3.8, 4) is 17.5 Å². The van der Waals surface area contributed by atoms with Gasteiger partial charge in [0.15, 0.2) is 0 Å². The van der Waals surface area contributed by atoms with Crippen LogP contribution in [0.5, 0.6) is 0 Å². The first-order valence-corrected chi connectivity index (χ1v) is 9.78. The number of rotatable bonds is 4. The maximum atomic E-state index is 9.90. The second-order valence-corrected chi connectivity index (χ2v) is 7.28. The molecule has 0 N–H and O–H groups in total. The molecule has 0 saturated carbocycles. The Balaban J connectivity index is 1.55. The Morgan fingerprint density at radius 1 is 0.964 bits per heavy atom. The molecule has 1 saturated heterocycles. The Labute approximate surface area is 170 Å². The van der Waals surface area contributed by atoms with E-state index in [-0.39, 0.29) is 0 Å². The smallest absolute Gasteiger partial charge is 0.144 e. The number of para-hydroxylation sites is 1. The molecule has 1 unspecified atom stereocenters. The lowest BCUT2D eigenvalue weighted by Crippen LogP contribution is -2.47. The van der Waals surface area contributed by atoms with E-state index in [1.54, 1.807) is 0 Å². The van der Waals surface area contributed by atoms with Crippen LogP contribution in [0.25, 0.3) is 11.4 Å². The maximum absolute atomic E-state index is 9.90. The highest BCUT2D eigenvalue weighted by molar-refractivity contribution is 6.30. The van der Waals surface area contributed by atoms with E-state index < -0.39 is 6.04 Å². The minimum atomic E-state index is -0.450. The second kappa shape index (κ2) is 8.05. The van der Waals surface area contributed by atoms with Gasteiger partial charge in [-0.15, -0.1) is 0 Å². The molecule has 1 atom stereocenters. The number of nitriles is 1. The minimum absolute atomic E-state index is 0.450. The number of nitrogens with zero attached hydrogens (tertiary/aromatic N) is 5.